The van der Waals surface area contributed by atoms with Gasteiger partial charge in [-0.15, -0.1) is 6.58 Å². The number of amides is 1. The number of hydrogen-bond donors (Lipinski definition) is 3. The summed E-state index contributed by atoms with van der Waals surface area (Å²) in [5.74, 6) is 0.150. The summed E-state index contributed by atoms with van der Waals surface area (Å²) in [7, 11) is 0. The Balaban J connectivity index is 2.26. The molecule has 1 heterocycles. The molecule has 118 valence electrons. The third-order valence-electron chi connectivity index (χ3n) is 4.05. The molecule has 0 aliphatic carbocycles. The van der Waals surface area contributed by atoms with Crippen LogP contribution in [0.3, 0.4) is 0 Å². The maximum absolute atomic E-state index is 11.4. The molecule has 1 aliphatic heterocycles. The molecule has 2 atom stereocenters. The Bertz CT molecular complexity index is 584. The molecule has 2 unspecified atom stereocenters. The summed E-state index contributed by atoms with van der Waals surface area (Å²) in [5, 5.41) is 16.1. The number of aromatic hydroxyl groups is 1. The molecule has 2 rings (SSSR count). The van der Waals surface area contributed by atoms with Gasteiger partial charge in [-0.1, -0.05) is 13.0 Å². The molecule has 1 aliphatic rings. The molecule has 1 amide bonds. The van der Waals surface area contributed by atoms with Crippen molar-refractivity contribution in [2.24, 2.45) is 0 Å². The zero-order chi connectivity index (χ0) is 16.1. The van der Waals surface area contributed by atoms with Crippen molar-refractivity contribution in [2.75, 3.05) is 11.9 Å². The molecule has 3 N–H and O–H groups in total. The van der Waals surface area contributed by atoms with Gasteiger partial charge < -0.3 is 20.5 Å². The largest absolute Gasteiger partial charge is 0.508 e. The summed E-state index contributed by atoms with van der Waals surface area (Å²) in [5.41, 5.74) is 2.64. The highest BCUT2D eigenvalue weighted by molar-refractivity contribution is 5.77. The van der Waals surface area contributed by atoms with E-state index in [1.807, 2.05) is 0 Å². The maximum atomic E-state index is 11.4. The van der Waals surface area contributed by atoms with Gasteiger partial charge in [-0.05, 0) is 30.5 Å². The second kappa shape index (κ2) is 7.11. The maximum Gasteiger partial charge on any atom is 0.219 e. The zero-order valence-corrected chi connectivity index (χ0v) is 12.8. The smallest absolute Gasteiger partial charge is 0.219 e. The fourth-order valence-electron chi connectivity index (χ4n) is 2.97. The van der Waals surface area contributed by atoms with Gasteiger partial charge in [0, 0.05) is 30.1 Å². The lowest BCUT2D eigenvalue weighted by Gasteiger charge is -2.18. The quantitative estimate of drug-likeness (QED) is 0.409. The lowest BCUT2D eigenvalue weighted by atomic mass is 9.87. The number of carbonyl (C=O) groups is 2. The van der Waals surface area contributed by atoms with E-state index in [2.05, 4.69) is 17.2 Å². The molecule has 0 bridgehead atoms. The van der Waals surface area contributed by atoms with E-state index in [1.54, 1.807) is 25.1 Å². The van der Waals surface area contributed by atoms with Crippen LogP contribution < -0.4 is 10.6 Å². The Morgan fingerprint density at radius 1 is 1.50 bits per heavy atom. The Labute approximate surface area is 130 Å². The first-order valence-electron chi connectivity index (χ1n) is 7.56. The van der Waals surface area contributed by atoms with E-state index in [-0.39, 0.29) is 23.6 Å². The van der Waals surface area contributed by atoms with E-state index in [0.717, 1.165) is 23.1 Å². The normalized spacial score (nSPS) is 19.1. The molecule has 5 nitrogen and oxygen atoms in total. The zero-order valence-electron chi connectivity index (χ0n) is 12.8. The van der Waals surface area contributed by atoms with Crippen molar-refractivity contribution in [3.8, 4) is 5.75 Å². The predicted molar refractivity (Wildman–Crippen MR) is 86.1 cm³/mol. The van der Waals surface area contributed by atoms with Crippen molar-refractivity contribution < 1.29 is 14.7 Å². The van der Waals surface area contributed by atoms with Crippen LogP contribution in [-0.2, 0) is 16.0 Å². The summed E-state index contributed by atoms with van der Waals surface area (Å²) in [6, 6.07) is 3.09. The Kier molecular flexibility index (Phi) is 5.20. The number of aldehydes is 1. The van der Waals surface area contributed by atoms with Crippen molar-refractivity contribution >= 4 is 17.9 Å². The lowest BCUT2D eigenvalue weighted by molar-refractivity contribution is -0.120. The van der Waals surface area contributed by atoms with Gasteiger partial charge in [-0.3, -0.25) is 4.79 Å². The average molecular weight is 302 g/mol. The lowest BCUT2D eigenvalue weighted by Crippen LogP contribution is -2.28. The molecule has 0 radical (unpaired) electrons. The number of rotatable bonds is 7. The minimum absolute atomic E-state index is 0.00365. The highest BCUT2D eigenvalue weighted by atomic mass is 16.3. The number of nitrogens with one attached hydrogen (secondary N) is 2. The third-order valence-corrected chi connectivity index (χ3v) is 4.05. The van der Waals surface area contributed by atoms with Crippen molar-refractivity contribution in [3.05, 3.63) is 35.9 Å². The average Bonchev–Trinajstić information content (AvgIpc) is 2.88. The SMILES string of the molecule is C=CCc1c(O)ccc2c1C(CCNC(=O)CC)C(C=O)N2. The van der Waals surface area contributed by atoms with Crippen LogP contribution in [0, 0.1) is 0 Å². The number of fused-ring (bicyclic) bond motifs is 1. The number of anilines is 1. The van der Waals surface area contributed by atoms with E-state index >= 15 is 0 Å². The number of carbonyl (C=O) groups excluding carboxylic acids is 2. The van der Waals surface area contributed by atoms with Crippen LogP contribution in [0.4, 0.5) is 5.69 Å². The first-order valence-corrected chi connectivity index (χ1v) is 7.56. The van der Waals surface area contributed by atoms with E-state index in [1.165, 1.54) is 0 Å². The molecule has 1 aromatic rings. The standard InChI is InChI=1S/C17H22N2O3/c1-3-5-12-15(21)7-6-13-17(12)11(14(10-20)19-13)8-9-18-16(22)4-2/h3,6-7,10-11,14,19,21H,1,4-5,8-9H2,2H3,(H,18,22). The number of allylic oxidation sites excluding steroid dienone is 1. The van der Waals surface area contributed by atoms with Gasteiger partial charge in [0.2, 0.25) is 5.91 Å². The molecular weight excluding hydrogens is 280 g/mol. The van der Waals surface area contributed by atoms with Gasteiger partial charge in [0.25, 0.3) is 0 Å². The summed E-state index contributed by atoms with van der Waals surface area (Å²) in [4.78, 5) is 22.7. The fraction of sp³-hybridized carbons (Fsp3) is 0.412. The second-order valence-electron chi connectivity index (χ2n) is 5.42. The van der Waals surface area contributed by atoms with Crippen LogP contribution in [-0.4, -0.2) is 29.9 Å². The first kappa shape index (κ1) is 16.1. The number of benzene rings is 1. The predicted octanol–water partition coefficient (Wildman–Crippen LogP) is 2.11. The topological polar surface area (TPSA) is 78.4 Å². The van der Waals surface area contributed by atoms with E-state index in [9.17, 15) is 14.7 Å². The van der Waals surface area contributed by atoms with E-state index in [0.29, 0.717) is 25.8 Å². The second-order valence-corrected chi connectivity index (χ2v) is 5.42. The first-order chi connectivity index (χ1) is 10.6. The number of phenols is 1. The van der Waals surface area contributed by atoms with Crippen molar-refractivity contribution in [2.45, 2.75) is 38.1 Å². The summed E-state index contributed by atoms with van der Waals surface area (Å²) >= 11 is 0. The van der Waals surface area contributed by atoms with Crippen molar-refractivity contribution in [3.63, 3.8) is 0 Å². The molecule has 0 aromatic heterocycles. The summed E-state index contributed by atoms with van der Waals surface area (Å²) in [6.45, 7) is 6.03. The van der Waals surface area contributed by atoms with Gasteiger partial charge in [-0.2, -0.15) is 0 Å². The van der Waals surface area contributed by atoms with Crippen LogP contribution >= 0.6 is 0 Å². The van der Waals surface area contributed by atoms with E-state index < -0.39 is 0 Å². The van der Waals surface area contributed by atoms with Gasteiger partial charge in [0.1, 0.15) is 12.0 Å². The molecule has 0 spiro atoms. The van der Waals surface area contributed by atoms with Crippen LogP contribution in [0.5, 0.6) is 5.75 Å². The van der Waals surface area contributed by atoms with Gasteiger partial charge in [-0.25, -0.2) is 0 Å². The van der Waals surface area contributed by atoms with Crippen LogP contribution in [0.2, 0.25) is 0 Å². The molecule has 1 aromatic carbocycles. The number of hydrogen-bond acceptors (Lipinski definition) is 4. The van der Waals surface area contributed by atoms with Crippen LogP contribution in [0.15, 0.2) is 24.8 Å². The summed E-state index contributed by atoms with van der Waals surface area (Å²) < 4.78 is 0. The monoisotopic (exact) mass is 302 g/mol. The highest BCUT2D eigenvalue weighted by Gasteiger charge is 2.34. The highest BCUT2D eigenvalue weighted by Crippen LogP contribution is 2.43. The Morgan fingerprint density at radius 2 is 2.27 bits per heavy atom. The molecule has 22 heavy (non-hydrogen) atoms. The minimum atomic E-state index is -0.334. The third kappa shape index (κ3) is 3.13. The van der Waals surface area contributed by atoms with E-state index in [4.69, 9.17) is 0 Å². The van der Waals surface area contributed by atoms with Crippen LogP contribution in [0.25, 0.3) is 0 Å². The van der Waals surface area contributed by atoms with Gasteiger partial charge in [0.05, 0.1) is 6.04 Å². The molecule has 0 saturated heterocycles. The minimum Gasteiger partial charge on any atom is -0.508 e. The number of phenolic OH excluding ortho intramolecular Hbond substituents is 1. The fourth-order valence-corrected chi connectivity index (χ4v) is 2.97. The Hall–Kier alpha value is -2.30. The summed E-state index contributed by atoms with van der Waals surface area (Å²) in [6.07, 6.45) is 4.25. The molecule has 0 fully saturated rings. The van der Waals surface area contributed by atoms with Crippen molar-refractivity contribution in [1.29, 1.82) is 0 Å². The molecular formula is C17H22N2O3. The van der Waals surface area contributed by atoms with Crippen LogP contribution in [0.1, 0.15) is 36.8 Å². The van der Waals surface area contributed by atoms with Gasteiger partial charge in [0.15, 0.2) is 0 Å². The molecule has 5 heteroatoms. The van der Waals surface area contributed by atoms with Gasteiger partial charge >= 0.3 is 0 Å². The Morgan fingerprint density at radius 3 is 2.91 bits per heavy atom. The van der Waals surface area contributed by atoms with Crippen molar-refractivity contribution in [1.82, 2.24) is 5.32 Å². The molecule has 0 saturated carbocycles.